The molecule has 0 fully saturated rings. The van der Waals surface area contributed by atoms with Gasteiger partial charge < -0.3 is 14.8 Å². The molecule has 122 valence electrons. The maximum atomic E-state index is 13.4. The molecular weight excluding hydrogens is 271 g/mol. The Morgan fingerprint density at radius 3 is 2.00 bits per heavy atom. The highest BCUT2D eigenvalue weighted by Crippen LogP contribution is 2.18. The van der Waals surface area contributed by atoms with Gasteiger partial charge in [0.2, 0.25) is 0 Å². The fraction of sp³-hybridized carbons (Fsp3) is 1.00. The molecule has 0 heterocycles. The predicted octanol–water partition coefficient (Wildman–Crippen LogP) is 3.18. The summed E-state index contributed by atoms with van der Waals surface area (Å²) in [5.41, 5.74) is -0.850. The first-order chi connectivity index (χ1) is 8.81. The zero-order chi connectivity index (χ0) is 16.0. The topological polar surface area (TPSA) is 30.5 Å². The van der Waals surface area contributed by atoms with E-state index in [2.05, 4.69) is 5.32 Å². The zero-order valence-electron chi connectivity index (χ0n) is 13.4. The van der Waals surface area contributed by atoms with Crippen LogP contribution in [0.3, 0.4) is 0 Å². The number of rotatable bonds is 8. The number of nitrogens with one attached hydrogen (secondary N) is 1. The van der Waals surface area contributed by atoms with E-state index in [0.717, 1.165) is 0 Å². The second kappa shape index (κ2) is 7.61. The maximum Gasteiger partial charge on any atom is 0.293 e. The van der Waals surface area contributed by atoms with Gasteiger partial charge in [-0.05, 0) is 41.5 Å². The number of alkyl halides is 3. The third-order valence-electron chi connectivity index (χ3n) is 2.18. The normalized spacial score (nSPS) is 15.4. The Bertz CT molecular complexity index is 273. The van der Waals surface area contributed by atoms with E-state index < -0.39 is 30.9 Å². The molecule has 0 aromatic carbocycles. The largest absolute Gasteiger partial charge is 0.372 e. The summed E-state index contributed by atoms with van der Waals surface area (Å²) >= 11 is 0. The smallest absolute Gasteiger partial charge is 0.293 e. The molecule has 0 aliphatic heterocycles. The van der Waals surface area contributed by atoms with Gasteiger partial charge in [0.1, 0.15) is 19.4 Å². The van der Waals surface area contributed by atoms with Gasteiger partial charge in [0, 0.05) is 12.1 Å². The van der Waals surface area contributed by atoms with Crippen molar-refractivity contribution in [3.8, 4) is 0 Å². The predicted molar refractivity (Wildman–Crippen MR) is 74.1 cm³/mol. The van der Waals surface area contributed by atoms with Crippen LogP contribution in [0.1, 0.15) is 41.5 Å². The Morgan fingerprint density at radius 2 is 1.55 bits per heavy atom. The van der Waals surface area contributed by atoms with Gasteiger partial charge in [-0.1, -0.05) is 0 Å². The number of hydrogen-bond acceptors (Lipinski definition) is 3. The van der Waals surface area contributed by atoms with Gasteiger partial charge in [0.05, 0.1) is 12.2 Å². The van der Waals surface area contributed by atoms with E-state index in [1.54, 1.807) is 20.8 Å². The highest BCUT2D eigenvalue weighted by Gasteiger charge is 2.32. The van der Waals surface area contributed by atoms with Gasteiger partial charge in [-0.3, -0.25) is 0 Å². The lowest BCUT2D eigenvalue weighted by molar-refractivity contribution is -0.154. The number of ether oxygens (including phenoxy) is 2. The van der Waals surface area contributed by atoms with Gasteiger partial charge in [-0.25, -0.2) is 13.2 Å². The summed E-state index contributed by atoms with van der Waals surface area (Å²) in [5, 5.41) is 2.95. The molecule has 6 heteroatoms. The van der Waals surface area contributed by atoms with Crippen LogP contribution in [-0.4, -0.2) is 49.6 Å². The van der Waals surface area contributed by atoms with Gasteiger partial charge in [-0.15, -0.1) is 0 Å². The Kier molecular flexibility index (Phi) is 7.49. The van der Waals surface area contributed by atoms with Crippen LogP contribution in [0.2, 0.25) is 0 Å². The lowest BCUT2D eigenvalue weighted by Gasteiger charge is -2.25. The van der Waals surface area contributed by atoms with E-state index in [9.17, 15) is 13.2 Å². The van der Waals surface area contributed by atoms with Gasteiger partial charge in [0.15, 0.2) is 0 Å². The van der Waals surface area contributed by atoms with Crippen LogP contribution in [0.25, 0.3) is 0 Å². The number of hydrogen-bond donors (Lipinski definition) is 1. The Hall–Kier alpha value is -0.330. The molecule has 0 saturated carbocycles. The Morgan fingerprint density at radius 1 is 1.00 bits per heavy atom. The molecular formula is C14H28F3NO2. The van der Waals surface area contributed by atoms with Crippen molar-refractivity contribution >= 4 is 0 Å². The summed E-state index contributed by atoms with van der Waals surface area (Å²) in [5.74, 6) is -3.11. The van der Waals surface area contributed by atoms with Crippen molar-refractivity contribution in [2.75, 3.05) is 26.4 Å². The first-order valence-electron chi connectivity index (χ1n) is 6.79. The fourth-order valence-electron chi connectivity index (χ4n) is 1.18. The molecule has 0 aliphatic rings. The Balaban J connectivity index is 3.86. The van der Waals surface area contributed by atoms with Crippen molar-refractivity contribution in [1.29, 1.82) is 0 Å². The average molecular weight is 299 g/mol. The SMILES string of the molecule is CC(C)(C)NCC(F)COCC(F)(F)COC(C)(C)C. The van der Waals surface area contributed by atoms with Crippen LogP contribution < -0.4 is 5.32 Å². The molecule has 0 aromatic heterocycles. The van der Waals surface area contributed by atoms with Crippen molar-refractivity contribution in [1.82, 2.24) is 5.32 Å². The third kappa shape index (κ3) is 12.7. The summed E-state index contributed by atoms with van der Waals surface area (Å²) in [7, 11) is 0. The van der Waals surface area contributed by atoms with Crippen molar-refractivity contribution in [2.24, 2.45) is 0 Å². The molecule has 1 atom stereocenters. The van der Waals surface area contributed by atoms with Crippen molar-refractivity contribution in [3.63, 3.8) is 0 Å². The molecule has 0 saturated heterocycles. The molecule has 0 radical (unpaired) electrons. The maximum absolute atomic E-state index is 13.4. The molecule has 1 unspecified atom stereocenters. The van der Waals surface area contributed by atoms with Crippen LogP contribution in [0.5, 0.6) is 0 Å². The molecule has 1 N–H and O–H groups in total. The van der Waals surface area contributed by atoms with Crippen LogP contribution in [0.15, 0.2) is 0 Å². The monoisotopic (exact) mass is 299 g/mol. The quantitative estimate of drug-likeness (QED) is 0.747. The second-order valence-electron chi connectivity index (χ2n) is 7.00. The van der Waals surface area contributed by atoms with E-state index in [-0.39, 0.29) is 18.7 Å². The van der Waals surface area contributed by atoms with E-state index in [1.807, 2.05) is 20.8 Å². The summed E-state index contributed by atoms with van der Waals surface area (Å²) in [6, 6.07) is 0. The van der Waals surface area contributed by atoms with E-state index >= 15 is 0 Å². The molecule has 0 aromatic rings. The minimum absolute atomic E-state index is 0.0769. The van der Waals surface area contributed by atoms with Crippen molar-refractivity contribution < 1.29 is 22.6 Å². The highest BCUT2D eigenvalue weighted by atomic mass is 19.3. The Labute approximate surface area is 120 Å². The van der Waals surface area contributed by atoms with Crippen molar-refractivity contribution in [3.05, 3.63) is 0 Å². The molecule has 0 amide bonds. The first kappa shape index (κ1) is 19.7. The molecule has 20 heavy (non-hydrogen) atoms. The summed E-state index contributed by atoms with van der Waals surface area (Å²) in [6.07, 6.45) is -1.31. The zero-order valence-corrected chi connectivity index (χ0v) is 13.4. The lowest BCUT2D eigenvalue weighted by atomic mass is 10.1. The third-order valence-corrected chi connectivity index (χ3v) is 2.18. The van der Waals surface area contributed by atoms with Gasteiger partial charge in [0.25, 0.3) is 5.92 Å². The molecule has 0 aliphatic carbocycles. The summed E-state index contributed by atoms with van der Waals surface area (Å²) in [4.78, 5) is 0. The van der Waals surface area contributed by atoms with Crippen LogP contribution in [-0.2, 0) is 9.47 Å². The summed E-state index contributed by atoms with van der Waals surface area (Å²) < 4.78 is 50.0. The van der Waals surface area contributed by atoms with Gasteiger partial charge in [-0.2, -0.15) is 0 Å². The minimum atomic E-state index is -3.11. The van der Waals surface area contributed by atoms with E-state index in [4.69, 9.17) is 9.47 Å². The van der Waals surface area contributed by atoms with Crippen molar-refractivity contribution in [2.45, 2.75) is 64.8 Å². The fourth-order valence-corrected chi connectivity index (χ4v) is 1.18. The van der Waals surface area contributed by atoms with Gasteiger partial charge >= 0.3 is 0 Å². The molecule has 0 rings (SSSR count). The highest BCUT2D eigenvalue weighted by molar-refractivity contribution is 4.73. The minimum Gasteiger partial charge on any atom is -0.372 e. The number of halogens is 3. The van der Waals surface area contributed by atoms with Crippen LogP contribution in [0.4, 0.5) is 13.2 Å². The van der Waals surface area contributed by atoms with E-state index in [1.165, 1.54) is 0 Å². The summed E-state index contributed by atoms with van der Waals surface area (Å²) in [6.45, 7) is 8.95. The van der Waals surface area contributed by atoms with Crippen LogP contribution >= 0.6 is 0 Å². The first-order valence-corrected chi connectivity index (χ1v) is 6.79. The second-order valence-corrected chi connectivity index (χ2v) is 7.00. The van der Waals surface area contributed by atoms with Crippen LogP contribution in [0, 0.1) is 0 Å². The molecule has 0 spiro atoms. The lowest BCUT2D eigenvalue weighted by Crippen LogP contribution is -2.41. The molecule has 0 bridgehead atoms. The molecule has 3 nitrogen and oxygen atoms in total. The standard InChI is InChI=1S/C14H28F3NO2/c1-12(2,3)18-7-11(15)8-19-9-14(16,17)10-20-13(4,5)6/h11,18H,7-10H2,1-6H3. The van der Waals surface area contributed by atoms with E-state index in [0.29, 0.717) is 0 Å². The average Bonchev–Trinajstić information content (AvgIpc) is 2.22.